The lowest BCUT2D eigenvalue weighted by Crippen LogP contribution is -2.28. The van der Waals surface area contributed by atoms with E-state index in [0.29, 0.717) is 6.10 Å². The van der Waals surface area contributed by atoms with Gasteiger partial charge in [0.2, 0.25) is 0 Å². The monoisotopic (exact) mass is 416 g/mol. The van der Waals surface area contributed by atoms with Crippen molar-refractivity contribution < 1.29 is 4.74 Å². The van der Waals surface area contributed by atoms with Crippen LogP contribution in [0.5, 0.6) is 5.75 Å². The Morgan fingerprint density at radius 2 is 1.95 bits per heavy atom. The van der Waals surface area contributed by atoms with E-state index in [1.807, 2.05) is 12.1 Å². The van der Waals surface area contributed by atoms with Gasteiger partial charge >= 0.3 is 0 Å². The zero-order valence-electron chi connectivity index (χ0n) is 10.6. The van der Waals surface area contributed by atoms with Crippen LogP contribution in [0.4, 0.5) is 0 Å². The number of hydrogen-bond acceptors (Lipinski definition) is 4. The first-order valence-electron chi connectivity index (χ1n) is 6.35. The molecule has 1 aromatic carbocycles. The Morgan fingerprint density at radius 3 is 2.45 bits per heavy atom. The van der Waals surface area contributed by atoms with E-state index in [1.54, 1.807) is 11.3 Å². The minimum atomic E-state index is -0.0161. The van der Waals surface area contributed by atoms with Crippen LogP contribution in [-0.4, -0.2) is 6.10 Å². The fraction of sp³-hybridized carbons (Fsp3) is 0.286. The van der Waals surface area contributed by atoms with Crippen LogP contribution in [0.1, 0.15) is 29.3 Å². The molecule has 1 unspecified atom stereocenters. The van der Waals surface area contributed by atoms with Gasteiger partial charge in [0, 0.05) is 9.35 Å². The van der Waals surface area contributed by atoms with Crippen molar-refractivity contribution in [3.05, 3.63) is 49.0 Å². The van der Waals surface area contributed by atoms with Gasteiger partial charge in [-0.3, -0.25) is 5.84 Å². The maximum absolute atomic E-state index is 5.76. The van der Waals surface area contributed by atoms with Crippen molar-refractivity contribution in [2.45, 2.75) is 25.0 Å². The number of benzene rings is 1. The molecule has 1 aliphatic carbocycles. The first kappa shape index (κ1) is 14.5. The molecule has 6 heteroatoms. The second kappa shape index (κ2) is 6.15. The van der Waals surface area contributed by atoms with Crippen LogP contribution in [0.2, 0.25) is 0 Å². The van der Waals surface area contributed by atoms with Crippen molar-refractivity contribution in [2.24, 2.45) is 5.84 Å². The molecular formula is C14H14Br2N2OS. The van der Waals surface area contributed by atoms with E-state index in [2.05, 4.69) is 55.5 Å². The average Bonchev–Trinajstić information content (AvgIpc) is 3.19. The molecule has 0 amide bonds. The molecule has 1 fully saturated rings. The van der Waals surface area contributed by atoms with Gasteiger partial charge in [0.1, 0.15) is 5.75 Å². The molecule has 1 atom stereocenters. The van der Waals surface area contributed by atoms with Gasteiger partial charge in [0.25, 0.3) is 0 Å². The molecule has 1 heterocycles. The van der Waals surface area contributed by atoms with Gasteiger partial charge in [-0.1, -0.05) is 12.1 Å². The summed E-state index contributed by atoms with van der Waals surface area (Å²) in [5, 5.41) is 0. The Morgan fingerprint density at radius 1 is 1.25 bits per heavy atom. The van der Waals surface area contributed by atoms with Gasteiger partial charge in [0.05, 0.1) is 15.9 Å². The highest BCUT2D eigenvalue weighted by atomic mass is 79.9. The van der Waals surface area contributed by atoms with E-state index in [0.717, 1.165) is 24.4 Å². The second-order valence-electron chi connectivity index (χ2n) is 4.76. The zero-order valence-corrected chi connectivity index (χ0v) is 14.6. The van der Waals surface area contributed by atoms with Crippen LogP contribution in [-0.2, 0) is 0 Å². The number of thiophene rings is 1. The lowest BCUT2D eigenvalue weighted by molar-refractivity contribution is 0.303. The minimum absolute atomic E-state index is 0.0161. The highest BCUT2D eigenvalue weighted by molar-refractivity contribution is 9.13. The maximum atomic E-state index is 5.76. The smallest absolute Gasteiger partial charge is 0.119 e. The molecule has 0 radical (unpaired) electrons. The van der Waals surface area contributed by atoms with Crippen LogP contribution in [0.15, 0.2) is 38.6 Å². The molecule has 1 aliphatic rings. The highest BCUT2D eigenvalue weighted by Crippen LogP contribution is 2.37. The van der Waals surface area contributed by atoms with Gasteiger partial charge in [-0.2, -0.15) is 0 Å². The molecular weight excluding hydrogens is 404 g/mol. The topological polar surface area (TPSA) is 47.3 Å². The van der Waals surface area contributed by atoms with Crippen molar-refractivity contribution in [3.63, 3.8) is 0 Å². The Bertz CT molecular complexity index is 576. The van der Waals surface area contributed by atoms with Crippen LogP contribution in [0, 0.1) is 0 Å². The number of hydrogen-bond donors (Lipinski definition) is 2. The normalized spacial score (nSPS) is 16.1. The molecule has 20 heavy (non-hydrogen) atoms. The van der Waals surface area contributed by atoms with Crippen molar-refractivity contribution in [3.8, 4) is 5.75 Å². The van der Waals surface area contributed by atoms with Gasteiger partial charge in [0.15, 0.2) is 0 Å². The van der Waals surface area contributed by atoms with Gasteiger partial charge in [-0.05, 0) is 68.5 Å². The third-order valence-corrected chi connectivity index (χ3v) is 6.48. The summed E-state index contributed by atoms with van der Waals surface area (Å²) in [6.07, 6.45) is 2.77. The Hall–Kier alpha value is -0.400. The molecule has 3 rings (SSSR count). The van der Waals surface area contributed by atoms with E-state index in [4.69, 9.17) is 10.6 Å². The summed E-state index contributed by atoms with van der Waals surface area (Å²) in [6.45, 7) is 0. The quantitative estimate of drug-likeness (QED) is 0.560. The number of nitrogens with two attached hydrogens (primary N) is 1. The summed E-state index contributed by atoms with van der Waals surface area (Å²) in [4.78, 5) is 1.15. The molecule has 3 N–H and O–H groups in total. The van der Waals surface area contributed by atoms with Crippen molar-refractivity contribution in [1.29, 1.82) is 0 Å². The summed E-state index contributed by atoms with van der Waals surface area (Å²) in [6, 6.07) is 10.2. The molecule has 3 nitrogen and oxygen atoms in total. The predicted octanol–water partition coefficient (Wildman–Crippen LogP) is 4.37. The molecule has 0 spiro atoms. The number of hydrazine groups is 1. The molecule has 0 saturated heterocycles. The van der Waals surface area contributed by atoms with E-state index in [-0.39, 0.29) is 6.04 Å². The standard InChI is InChI=1S/C14H14Br2N2OS/c15-11-7-12(20-14(11)16)13(18-17)8-1-3-9(4-2-8)19-10-5-6-10/h1-4,7,10,13,18H,5-6,17H2. The Labute approximate surface area is 138 Å². The molecule has 0 aliphatic heterocycles. The highest BCUT2D eigenvalue weighted by Gasteiger charge is 2.23. The number of nitrogens with one attached hydrogen (secondary N) is 1. The molecule has 0 bridgehead atoms. The fourth-order valence-corrected chi connectivity index (χ4v) is 4.14. The fourth-order valence-electron chi connectivity index (χ4n) is 1.97. The van der Waals surface area contributed by atoms with Crippen molar-refractivity contribution in [2.75, 3.05) is 0 Å². The van der Waals surface area contributed by atoms with Gasteiger partial charge in [-0.25, -0.2) is 5.43 Å². The van der Waals surface area contributed by atoms with Crippen LogP contribution in [0.3, 0.4) is 0 Å². The zero-order chi connectivity index (χ0) is 14.1. The Balaban J connectivity index is 1.80. The largest absolute Gasteiger partial charge is 0.490 e. The number of rotatable bonds is 5. The summed E-state index contributed by atoms with van der Waals surface area (Å²) in [7, 11) is 0. The SMILES string of the molecule is NNC(c1ccc(OC2CC2)cc1)c1cc(Br)c(Br)s1. The van der Waals surface area contributed by atoms with E-state index in [9.17, 15) is 0 Å². The second-order valence-corrected chi connectivity index (χ2v) is 8.01. The summed E-state index contributed by atoms with van der Waals surface area (Å²) < 4.78 is 7.88. The minimum Gasteiger partial charge on any atom is -0.490 e. The molecule has 1 saturated carbocycles. The average molecular weight is 418 g/mol. The van der Waals surface area contributed by atoms with E-state index < -0.39 is 0 Å². The summed E-state index contributed by atoms with van der Waals surface area (Å²) in [5.74, 6) is 6.65. The first-order chi connectivity index (χ1) is 9.67. The summed E-state index contributed by atoms with van der Waals surface area (Å²) in [5.41, 5.74) is 4.00. The lowest BCUT2D eigenvalue weighted by Gasteiger charge is -2.15. The van der Waals surface area contributed by atoms with E-state index >= 15 is 0 Å². The molecule has 1 aromatic heterocycles. The lowest BCUT2D eigenvalue weighted by atomic mass is 10.1. The third-order valence-electron chi connectivity index (χ3n) is 3.16. The predicted molar refractivity (Wildman–Crippen MR) is 89.0 cm³/mol. The van der Waals surface area contributed by atoms with E-state index in [1.165, 1.54) is 12.8 Å². The van der Waals surface area contributed by atoms with Crippen LogP contribution in [0.25, 0.3) is 0 Å². The first-order valence-corrected chi connectivity index (χ1v) is 8.75. The van der Waals surface area contributed by atoms with Crippen LogP contribution >= 0.6 is 43.2 Å². The van der Waals surface area contributed by atoms with Gasteiger partial charge < -0.3 is 4.74 Å². The maximum Gasteiger partial charge on any atom is 0.119 e. The van der Waals surface area contributed by atoms with Crippen molar-refractivity contribution in [1.82, 2.24) is 5.43 Å². The van der Waals surface area contributed by atoms with Crippen molar-refractivity contribution >= 4 is 43.2 Å². The summed E-state index contributed by atoms with van der Waals surface area (Å²) >= 11 is 8.68. The number of ether oxygens (including phenoxy) is 1. The van der Waals surface area contributed by atoms with Gasteiger partial charge in [-0.15, -0.1) is 11.3 Å². The van der Waals surface area contributed by atoms with Crippen LogP contribution < -0.4 is 16.0 Å². The number of halogens is 2. The Kier molecular flexibility index (Phi) is 4.47. The third kappa shape index (κ3) is 3.26. The molecule has 106 valence electrons. The molecule has 2 aromatic rings.